The molecular weight excluding hydrogens is 454 g/mol. The molecule has 0 aliphatic carbocycles. The largest absolute Gasteiger partial charge is 0.323 e. The number of carbonyl (C=O) groups is 1. The molecule has 3 heterocycles. The molecule has 164 valence electrons. The van der Waals surface area contributed by atoms with Gasteiger partial charge < -0.3 is 5.32 Å². The summed E-state index contributed by atoms with van der Waals surface area (Å²) in [6.45, 7) is 4.01. The van der Waals surface area contributed by atoms with E-state index < -0.39 is 17.5 Å². The molecule has 0 unspecified atom stereocenters. The first-order valence-corrected chi connectivity index (χ1v) is 11.4. The normalized spacial score (nSPS) is 11.1. The molecule has 10 heteroatoms. The van der Waals surface area contributed by atoms with Gasteiger partial charge in [0, 0.05) is 17.1 Å². The Balaban J connectivity index is 1.64. The van der Waals surface area contributed by atoms with Crippen molar-refractivity contribution in [2.24, 2.45) is 0 Å². The van der Waals surface area contributed by atoms with Crippen LogP contribution in [0.1, 0.15) is 16.1 Å². The SMILES string of the molecule is Cc1sc2nc(SCC(=O)Nc3cc(F)ccc3F)n(Cc3ccccn3)c(=O)c2c1C. The van der Waals surface area contributed by atoms with Gasteiger partial charge in [-0.05, 0) is 43.7 Å². The van der Waals surface area contributed by atoms with Crippen molar-refractivity contribution in [1.82, 2.24) is 14.5 Å². The lowest BCUT2D eigenvalue weighted by Gasteiger charge is -2.12. The summed E-state index contributed by atoms with van der Waals surface area (Å²) in [6, 6.07) is 8.24. The minimum atomic E-state index is -0.735. The lowest BCUT2D eigenvalue weighted by Crippen LogP contribution is -2.25. The third-order valence-electron chi connectivity index (χ3n) is 4.83. The fourth-order valence-corrected chi connectivity index (χ4v) is 4.99. The van der Waals surface area contributed by atoms with Crippen molar-refractivity contribution < 1.29 is 13.6 Å². The molecule has 0 saturated carbocycles. The first kappa shape index (κ1) is 22.1. The second-order valence-electron chi connectivity index (χ2n) is 7.03. The number of rotatable bonds is 6. The number of anilines is 1. The van der Waals surface area contributed by atoms with Crippen molar-refractivity contribution in [3.05, 3.63) is 80.7 Å². The second kappa shape index (κ2) is 9.17. The molecule has 4 rings (SSSR count). The molecule has 0 atom stereocenters. The number of nitrogens with zero attached hydrogens (tertiary/aromatic N) is 3. The predicted molar refractivity (Wildman–Crippen MR) is 122 cm³/mol. The minimum Gasteiger partial charge on any atom is -0.323 e. The summed E-state index contributed by atoms with van der Waals surface area (Å²) in [5.74, 6) is -2.08. The van der Waals surface area contributed by atoms with Crippen LogP contribution in [0.2, 0.25) is 0 Å². The summed E-state index contributed by atoms with van der Waals surface area (Å²) in [5.41, 5.74) is 1.11. The van der Waals surface area contributed by atoms with Gasteiger partial charge in [0.1, 0.15) is 16.5 Å². The van der Waals surface area contributed by atoms with E-state index in [2.05, 4.69) is 15.3 Å². The maximum absolute atomic E-state index is 13.8. The average molecular weight is 473 g/mol. The van der Waals surface area contributed by atoms with Crippen LogP contribution in [0.15, 0.2) is 52.5 Å². The molecule has 0 fully saturated rings. The monoisotopic (exact) mass is 472 g/mol. The van der Waals surface area contributed by atoms with Gasteiger partial charge in [0.15, 0.2) is 5.16 Å². The van der Waals surface area contributed by atoms with E-state index in [9.17, 15) is 18.4 Å². The van der Waals surface area contributed by atoms with E-state index in [-0.39, 0.29) is 23.5 Å². The standard InChI is InChI=1S/C22H18F2N4O2S2/c1-12-13(2)32-20-19(12)21(30)28(10-15-5-3-4-8-25-15)22(27-20)31-11-18(29)26-17-9-14(23)6-7-16(17)24/h3-9H,10-11H2,1-2H3,(H,26,29). The van der Waals surface area contributed by atoms with Crippen molar-refractivity contribution in [2.75, 3.05) is 11.1 Å². The van der Waals surface area contributed by atoms with Crippen LogP contribution in [-0.4, -0.2) is 26.2 Å². The van der Waals surface area contributed by atoms with Crippen LogP contribution in [0.3, 0.4) is 0 Å². The molecule has 0 bridgehead atoms. The number of thiophene rings is 1. The number of thioether (sulfide) groups is 1. The number of hydrogen-bond acceptors (Lipinski definition) is 6. The van der Waals surface area contributed by atoms with Crippen molar-refractivity contribution in [2.45, 2.75) is 25.5 Å². The number of nitrogens with one attached hydrogen (secondary N) is 1. The Hall–Kier alpha value is -3.11. The Morgan fingerprint density at radius 3 is 2.78 bits per heavy atom. The van der Waals surface area contributed by atoms with Crippen molar-refractivity contribution in [3.63, 3.8) is 0 Å². The lowest BCUT2D eigenvalue weighted by molar-refractivity contribution is -0.113. The van der Waals surface area contributed by atoms with E-state index in [1.807, 2.05) is 19.9 Å². The molecule has 3 aromatic heterocycles. The summed E-state index contributed by atoms with van der Waals surface area (Å²) in [4.78, 5) is 36.2. The van der Waals surface area contributed by atoms with Gasteiger partial charge in [0.05, 0.1) is 29.1 Å². The summed E-state index contributed by atoms with van der Waals surface area (Å²) in [7, 11) is 0. The zero-order valence-electron chi connectivity index (χ0n) is 17.2. The Morgan fingerprint density at radius 2 is 2.03 bits per heavy atom. The van der Waals surface area contributed by atoms with E-state index in [1.54, 1.807) is 18.3 Å². The van der Waals surface area contributed by atoms with Gasteiger partial charge in [-0.1, -0.05) is 17.8 Å². The molecule has 32 heavy (non-hydrogen) atoms. The first-order chi connectivity index (χ1) is 15.3. The highest BCUT2D eigenvalue weighted by Gasteiger charge is 2.18. The number of amides is 1. The number of hydrogen-bond donors (Lipinski definition) is 1. The number of pyridine rings is 1. The molecule has 1 aromatic carbocycles. The van der Waals surface area contributed by atoms with Crippen molar-refractivity contribution >= 4 is 44.9 Å². The predicted octanol–water partition coefficient (Wildman–Crippen LogP) is 4.53. The van der Waals surface area contributed by atoms with Crippen LogP contribution in [0.4, 0.5) is 14.5 Å². The quantitative estimate of drug-likeness (QED) is 0.330. The summed E-state index contributed by atoms with van der Waals surface area (Å²) >= 11 is 2.47. The average Bonchev–Trinajstić information content (AvgIpc) is 3.06. The zero-order chi connectivity index (χ0) is 22.8. The number of benzene rings is 1. The molecule has 0 saturated heterocycles. The number of carbonyl (C=O) groups excluding carboxylic acids is 1. The summed E-state index contributed by atoms with van der Waals surface area (Å²) < 4.78 is 28.7. The fraction of sp³-hybridized carbons (Fsp3) is 0.182. The highest BCUT2D eigenvalue weighted by Crippen LogP contribution is 2.28. The van der Waals surface area contributed by atoms with E-state index >= 15 is 0 Å². The lowest BCUT2D eigenvalue weighted by atomic mass is 10.2. The zero-order valence-corrected chi connectivity index (χ0v) is 18.8. The molecular formula is C22H18F2N4O2S2. The maximum atomic E-state index is 13.8. The van der Waals surface area contributed by atoms with Crippen molar-refractivity contribution in [3.8, 4) is 0 Å². The topological polar surface area (TPSA) is 76.9 Å². The van der Waals surface area contributed by atoms with Gasteiger partial charge in [0.25, 0.3) is 5.56 Å². The first-order valence-electron chi connectivity index (χ1n) is 9.61. The second-order valence-corrected chi connectivity index (χ2v) is 9.18. The van der Waals surface area contributed by atoms with Crippen LogP contribution in [0.25, 0.3) is 10.2 Å². The fourth-order valence-electron chi connectivity index (χ4n) is 3.12. The highest BCUT2D eigenvalue weighted by atomic mass is 32.2. The minimum absolute atomic E-state index is 0.139. The summed E-state index contributed by atoms with van der Waals surface area (Å²) in [5, 5.41) is 3.26. The Labute approximate surface area is 190 Å². The van der Waals surface area contributed by atoms with Crippen LogP contribution in [0.5, 0.6) is 0 Å². The molecule has 1 amide bonds. The van der Waals surface area contributed by atoms with E-state index in [0.29, 0.717) is 21.1 Å². The third-order valence-corrected chi connectivity index (χ3v) is 6.91. The maximum Gasteiger partial charge on any atom is 0.263 e. The van der Waals surface area contributed by atoms with Gasteiger partial charge in [0.2, 0.25) is 5.91 Å². The van der Waals surface area contributed by atoms with Crippen LogP contribution in [0, 0.1) is 25.5 Å². The van der Waals surface area contributed by atoms with Crippen LogP contribution in [-0.2, 0) is 11.3 Å². The number of aromatic nitrogens is 3. The van der Waals surface area contributed by atoms with E-state index in [4.69, 9.17) is 0 Å². The van der Waals surface area contributed by atoms with Crippen LogP contribution >= 0.6 is 23.1 Å². The van der Waals surface area contributed by atoms with Gasteiger partial charge in [-0.2, -0.15) is 0 Å². The molecule has 0 aliphatic rings. The molecule has 4 aromatic rings. The van der Waals surface area contributed by atoms with Crippen LogP contribution < -0.4 is 10.9 Å². The Morgan fingerprint density at radius 1 is 1.22 bits per heavy atom. The third kappa shape index (κ3) is 4.56. The molecule has 6 nitrogen and oxygen atoms in total. The van der Waals surface area contributed by atoms with Crippen molar-refractivity contribution in [1.29, 1.82) is 0 Å². The van der Waals surface area contributed by atoms with E-state index in [0.717, 1.165) is 40.4 Å². The molecule has 1 N–H and O–H groups in total. The smallest absolute Gasteiger partial charge is 0.263 e. The number of halogens is 2. The van der Waals surface area contributed by atoms with Gasteiger partial charge in [-0.3, -0.25) is 19.1 Å². The highest BCUT2D eigenvalue weighted by molar-refractivity contribution is 7.99. The summed E-state index contributed by atoms with van der Waals surface area (Å²) in [6.07, 6.45) is 1.64. The van der Waals surface area contributed by atoms with E-state index in [1.165, 1.54) is 15.9 Å². The Kier molecular flexibility index (Phi) is 6.33. The Bertz CT molecular complexity index is 1370. The number of fused-ring (bicyclic) bond motifs is 1. The molecule has 0 aliphatic heterocycles. The van der Waals surface area contributed by atoms with Gasteiger partial charge in [-0.25, -0.2) is 13.8 Å². The van der Waals surface area contributed by atoms with Gasteiger partial charge in [-0.15, -0.1) is 11.3 Å². The van der Waals surface area contributed by atoms with Gasteiger partial charge >= 0.3 is 0 Å². The number of aryl methyl sites for hydroxylation is 2. The molecule has 0 spiro atoms. The molecule has 0 radical (unpaired) electrons.